The van der Waals surface area contributed by atoms with Crippen molar-refractivity contribution in [2.75, 3.05) is 0 Å². The van der Waals surface area contributed by atoms with Gasteiger partial charge in [-0.15, -0.1) is 0 Å². The molecule has 0 aliphatic carbocycles. The molecule has 1 aromatic carbocycles. The van der Waals surface area contributed by atoms with E-state index < -0.39 is 0 Å². The Morgan fingerprint density at radius 2 is 1.77 bits per heavy atom. The molecule has 4 heteroatoms. The van der Waals surface area contributed by atoms with Crippen LogP contribution in [0.2, 0.25) is 0 Å². The number of ether oxygens (including phenoxy) is 2. The van der Waals surface area contributed by atoms with Crippen LogP contribution >= 0.6 is 0 Å². The number of esters is 2. The van der Waals surface area contributed by atoms with Crippen LogP contribution in [0.4, 0.5) is 0 Å². The van der Waals surface area contributed by atoms with Crippen LogP contribution in [0.5, 0.6) is 5.75 Å². The summed E-state index contributed by atoms with van der Waals surface area (Å²) < 4.78 is 10.5. The molecule has 1 rings (SSSR count). The van der Waals surface area contributed by atoms with E-state index in [9.17, 15) is 9.59 Å². The first-order chi connectivity index (χ1) is 10.4. The van der Waals surface area contributed by atoms with Crippen LogP contribution in [-0.2, 0) is 20.7 Å². The number of carbonyl (C=O) groups excluding carboxylic acids is 2. The molecule has 0 heterocycles. The minimum Gasteiger partial charge on any atom is -0.462 e. The summed E-state index contributed by atoms with van der Waals surface area (Å²) in [6.45, 7) is 7.92. The molecule has 0 saturated carbocycles. The van der Waals surface area contributed by atoms with Crippen LogP contribution in [0.1, 0.15) is 52.5 Å². The highest BCUT2D eigenvalue weighted by atomic mass is 16.5. The minimum atomic E-state index is -0.321. The number of hydrogen-bond donors (Lipinski definition) is 0. The van der Waals surface area contributed by atoms with Crippen LogP contribution < -0.4 is 4.74 Å². The van der Waals surface area contributed by atoms with Crippen molar-refractivity contribution < 1.29 is 19.1 Å². The molecule has 0 saturated heterocycles. The Morgan fingerprint density at radius 1 is 1.09 bits per heavy atom. The third kappa shape index (κ3) is 6.74. The highest BCUT2D eigenvalue weighted by Crippen LogP contribution is 2.15. The van der Waals surface area contributed by atoms with Gasteiger partial charge in [-0.1, -0.05) is 32.9 Å². The van der Waals surface area contributed by atoms with Gasteiger partial charge >= 0.3 is 11.9 Å². The van der Waals surface area contributed by atoms with Crippen LogP contribution in [0.25, 0.3) is 0 Å². The van der Waals surface area contributed by atoms with Crippen molar-refractivity contribution in [2.45, 2.75) is 59.5 Å². The second-order valence-electron chi connectivity index (χ2n) is 5.77. The second-order valence-corrected chi connectivity index (χ2v) is 5.77. The molecular weight excluding hydrogens is 280 g/mol. The standard InChI is InChI=1S/C18H26O4/c1-5-15-8-6-9-16(12-15)22-18(20)11-7-10-17(19)21-14(4)13(2)3/h6,8-9,12-14H,5,7,10-11H2,1-4H3. The zero-order valence-electron chi connectivity index (χ0n) is 13.9. The molecular formula is C18H26O4. The summed E-state index contributed by atoms with van der Waals surface area (Å²) in [6.07, 6.45) is 1.68. The fourth-order valence-electron chi connectivity index (χ4n) is 1.79. The lowest BCUT2D eigenvalue weighted by atomic mass is 10.1. The van der Waals surface area contributed by atoms with E-state index in [1.54, 1.807) is 6.07 Å². The molecule has 1 aromatic rings. The van der Waals surface area contributed by atoms with Gasteiger partial charge in [0, 0.05) is 12.8 Å². The molecule has 0 radical (unpaired) electrons. The van der Waals surface area contributed by atoms with Crippen LogP contribution in [0.15, 0.2) is 24.3 Å². The molecule has 1 atom stereocenters. The summed E-state index contributed by atoms with van der Waals surface area (Å²) in [7, 11) is 0. The van der Waals surface area contributed by atoms with Crippen molar-refractivity contribution in [1.29, 1.82) is 0 Å². The predicted molar refractivity (Wildman–Crippen MR) is 85.7 cm³/mol. The van der Waals surface area contributed by atoms with Crippen LogP contribution in [0.3, 0.4) is 0 Å². The topological polar surface area (TPSA) is 52.6 Å². The molecule has 0 amide bonds. The maximum Gasteiger partial charge on any atom is 0.311 e. The summed E-state index contributed by atoms with van der Waals surface area (Å²) in [5, 5.41) is 0. The maximum absolute atomic E-state index is 11.7. The number of rotatable bonds is 8. The SMILES string of the molecule is CCc1cccc(OC(=O)CCCC(=O)OC(C)C(C)C)c1. The van der Waals surface area contributed by atoms with Gasteiger partial charge in [-0.2, -0.15) is 0 Å². The minimum absolute atomic E-state index is 0.101. The monoisotopic (exact) mass is 306 g/mol. The lowest BCUT2D eigenvalue weighted by molar-refractivity contribution is -0.150. The Balaban J connectivity index is 2.30. The van der Waals surface area contributed by atoms with Crippen molar-refractivity contribution in [3.8, 4) is 5.75 Å². The van der Waals surface area contributed by atoms with Crippen molar-refractivity contribution in [3.05, 3.63) is 29.8 Å². The first-order valence-electron chi connectivity index (χ1n) is 7.91. The Hall–Kier alpha value is -1.84. The number of aryl methyl sites for hydroxylation is 1. The Kier molecular flexibility index (Phi) is 7.64. The largest absolute Gasteiger partial charge is 0.462 e. The molecule has 0 spiro atoms. The highest BCUT2D eigenvalue weighted by molar-refractivity contribution is 5.74. The van der Waals surface area contributed by atoms with E-state index >= 15 is 0 Å². The van der Waals surface area contributed by atoms with E-state index in [2.05, 4.69) is 0 Å². The van der Waals surface area contributed by atoms with Gasteiger partial charge in [0.05, 0.1) is 0 Å². The normalized spacial score (nSPS) is 12.0. The summed E-state index contributed by atoms with van der Waals surface area (Å²) in [5.41, 5.74) is 1.12. The Bertz CT molecular complexity index is 494. The summed E-state index contributed by atoms with van der Waals surface area (Å²) in [6, 6.07) is 7.47. The molecule has 0 aliphatic heterocycles. The van der Waals surface area contributed by atoms with Gasteiger partial charge in [0.1, 0.15) is 11.9 Å². The molecule has 0 bridgehead atoms. The molecule has 122 valence electrons. The smallest absolute Gasteiger partial charge is 0.311 e. The third-order valence-corrected chi connectivity index (χ3v) is 3.56. The van der Waals surface area contributed by atoms with Gasteiger partial charge in [-0.3, -0.25) is 9.59 Å². The zero-order chi connectivity index (χ0) is 16.5. The van der Waals surface area contributed by atoms with E-state index in [0.717, 1.165) is 12.0 Å². The predicted octanol–water partition coefficient (Wildman–Crippen LogP) is 3.91. The summed E-state index contributed by atoms with van der Waals surface area (Å²) >= 11 is 0. The first-order valence-corrected chi connectivity index (χ1v) is 7.91. The number of carbonyl (C=O) groups is 2. The molecule has 22 heavy (non-hydrogen) atoms. The first kappa shape index (κ1) is 18.2. The van der Waals surface area contributed by atoms with Crippen molar-refractivity contribution in [2.24, 2.45) is 5.92 Å². The lowest BCUT2D eigenvalue weighted by Gasteiger charge is -2.16. The molecule has 0 fully saturated rings. The summed E-state index contributed by atoms with van der Waals surface area (Å²) in [4.78, 5) is 23.4. The van der Waals surface area contributed by atoms with Gasteiger partial charge in [-0.05, 0) is 43.4 Å². The molecule has 0 aromatic heterocycles. The molecule has 0 N–H and O–H groups in total. The molecule has 1 unspecified atom stereocenters. The lowest BCUT2D eigenvalue weighted by Crippen LogP contribution is -2.20. The Morgan fingerprint density at radius 3 is 2.41 bits per heavy atom. The van der Waals surface area contributed by atoms with E-state index in [4.69, 9.17) is 9.47 Å². The maximum atomic E-state index is 11.7. The van der Waals surface area contributed by atoms with E-state index in [1.807, 2.05) is 45.9 Å². The van der Waals surface area contributed by atoms with Crippen LogP contribution in [0, 0.1) is 5.92 Å². The van der Waals surface area contributed by atoms with Crippen molar-refractivity contribution in [1.82, 2.24) is 0 Å². The average molecular weight is 306 g/mol. The summed E-state index contributed by atoms with van der Waals surface area (Å²) in [5.74, 6) is 0.264. The number of benzene rings is 1. The second kappa shape index (κ2) is 9.23. The molecule has 0 aliphatic rings. The van der Waals surface area contributed by atoms with Gasteiger partial charge in [0.2, 0.25) is 0 Å². The van der Waals surface area contributed by atoms with Gasteiger partial charge in [-0.25, -0.2) is 0 Å². The average Bonchev–Trinajstić information content (AvgIpc) is 2.47. The van der Waals surface area contributed by atoms with Crippen molar-refractivity contribution in [3.63, 3.8) is 0 Å². The van der Waals surface area contributed by atoms with Gasteiger partial charge in [0.15, 0.2) is 0 Å². The van der Waals surface area contributed by atoms with E-state index in [1.165, 1.54) is 0 Å². The fourth-order valence-corrected chi connectivity index (χ4v) is 1.79. The fraction of sp³-hybridized carbons (Fsp3) is 0.556. The van der Waals surface area contributed by atoms with Gasteiger partial charge < -0.3 is 9.47 Å². The molecule has 4 nitrogen and oxygen atoms in total. The third-order valence-electron chi connectivity index (χ3n) is 3.56. The van der Waals surface area contributed by atoms with Gasteiger partial charge in [0.25, 0.3) is 0 Å². The van der Waals surface area contributed by atoms with Crippen LogP contribution in [-0.4, -0.2) is 18.0 Å². The highest BCUT2D eigenvalue weighted by Gasteiger charge is 2.13. The van der Waals surface area contributed by atoms with E-state index in [0.29, 0.717) is 18.1 Å². The Labute approximate surface area is 132 Å². The van der Waals surface area contributed by atoms with E-state index in [-0.39, 0.29) is 30.9 Å². The van der Waals surface area contributed by atoms with Crippen molar-refractivity contribution >= 4 is 11.9 Å². The zero-order valence-corrected chi connectivity index (χ0v) is 13.9. The number of hydrogen-bond acceptors (Lipinski definition) is 4. The quantitative estimate of drug-likeness (QED) is 0.539.